The molecule has 1 heterocycles. The first-order valence-electron chi connectivity index (χ1n) is 5.51. The number of nitrogens with zero attached hydrogens (tertiary/aromatic N) is 2. The molecule has 0 saturated heterocycles. The van der Waals surface area contributed by atoms with E-state index in [9.17, 15) is 9.59 Å². The number of carboxylic acid groups (broad SMARTS) is 1. The molecule has 2 aromatic rings. The van der Waals surface area contributed by atoms with Crippen molar-refractivity contribution in [2.45, 2.75) is 13.8 Å². The highest BCUT2D eigenvalue weighted by Gasteiger charge is 2.13. The highest BCUT2D eigenvalue weighted by molar-refractivity contribution is 9.10. The molecule has 0 fully saturated rings. The van der Waals surface area contributed by atoms with Gasteiger partial charge in [-0.15, -0.1) is 0 Å². The predicted molar refractivity (Wildman–Crippen MR) is 74.0 cm³/mol. The van der Waals surface area contributed by atoms with Gasteiger partial charge in [-0.3, -0.25) is 4.79 Å². The molecule has 0 aliphatic carbocycles. The van der Waals surface area contributed by atoms with Crippen molar-refractivity contribution in [3.05, 3.63) is 55.9 Å². The Morgan fingerprint density at radius 2 is 2.00 bits per heavy atom. The molecular weight excluding hydrogens is 312 g/mol. The van der Waals surface area contributed by atoms with Gasteiger partial charge in [0.25, 0.3) is 0 Å². The fourth-order valence-electron chi connectivity index (χ4n) is 1.67. The number of aromatic carboxylic acids is 1. The van der Waals surface area contributed by atoms with Gasteiger partial charge in [0.05, 0.1) is 5.69 Å². The minimum Gasteiger partial charge on any atom is -0.476 e. The molecule has 1 N–H and O–H groups in total. The van der Waals surface area contributed by atoms with Crippen molar-refractivity contribution in [3.63, 3.8) is 0 Å². The van der Waals surface area contributed by atoms with Gasteiger partial charge in [-0.05, 0) is 31.5 Å². The van der Waals surface area contributed by atoms with Gasteiger partial charge < -0.3 is 5.11 Å². The summed E-state index contributed by atoms with van der Waals surface area (Å²) in [5, 5.41) is 12.8. The van der Waals surface area contributed by atoms with Gasteiger partial charge in [-0.2, -0.15) is 5.10 Å². The molecule has 1 aromatic carbocycles. The second-order valence-corrected chi connectivity index (χ2v) is 5.00. The van der Waals surface area contributed by atoms with Crippen molar-refractivity contribution in [2.75, 3.05) is 0 Å². The molecule has 0 atom stereocenters. The molecule has 0 unspecified atom stereocenters. The molecule has 0 aliphatic rings. The Hall–Kier alpha value is -1.95. The van der Waals surface area contributed by atoms with Crippen LogP contribution in [0.3, 0.4) is 0 Å². The largest absolute Gasteiger partial charge is 0.476 e. The standard InChI is InChI=1S/C13H11BrN2O3/c1-7-3-4-9(6-10(7)14)16-8(2)5-11(17)12(15-16)13(18)19/h3-6H,1-2H3,(H,18,19). The molecule has 98 valence electrons. The van der Waals surface area contributed by atoms with E-state index in [1.54, 1.807) is 6.92 Å². The van der Waals surface area contributed by atoms with Crippen LogP contribution in [-0.2, 0) is 0 Å². The fourth-order valence-corrected chi connectivity index (χ4v) is 2.04. The first-order chi connectivity index (χ1) is 8.90. The zero-order chi connectivity index (χ0) is 14.2. The van der Waals surface area contributed by atoms with E-state index in [4.69, 9.17) is 5.11 Å². The lowest BCUT2D eigenvalue weighted by Crippen LogP contribution is -2.22. The minimum absolute atomic E-state index is 0.484. The van der Waals surface area contributed by atoms with Gasteiger partial charge in [0.1, 0.15) is 0 Å². The molecule has 0 bridgehead atoms. The third kappa shape index (κ3) is 2.58. The number of carboxylic acids is 1. The van der Waals surface area contributed by atoms with Crippen molar-refractivity contribution >= 4 is 21.9 Å². The van der Waals surface area contributed by atoms with Crippen LogP contribution < -0.4 is 5.43 Å². The van der Waals surface area contributed by atoms with E-state index in [-0.39, 0.29) is 0 Å². The van der Waals surface area contributed by atoms with E-state index in [1.165, 1.54) is 10.7 Å². The number of benzene rings is 1. The zero-order valence-corrected chi connectivity index (χ0v) is 11.9. The lowest BCUT2D eigenvalue weighted by Gasteiger charge is -2.11. The molecule has 0 aliphatic heterocycles. The van der Waals surface area contributed by atoms with Crippen LogP contribution in [0.2, 0.25) is 0 Å². The molecule has 0 saturated carbocycles. The quantitative estimate of drug-likeness (QED) is 0.920. The van der Waals surface area contributed by atoms with Gasteiger partial charge in [0.15, 0.2) is 0 Å². The molecule has 0 radical (unpaired) electrons. The Morgan fingerprint density at radius 1 is 1.32 bits per heavy atom. The van der Waals surface area contributed by atoms with Gasteiger partial charge in [0, 0.05) is 16.2 Å². The average Bonchev–Trinajstić information content (AvgIpc) is 2.32. The molecular formula is C13H11BrN2O3. The summed E-state index contributed by atoms with van der Waals surface area (Å²) >= 11 is 3.41. The number of carbonyl (C=O) groups is 1. The lowest BCUT2D eigenvalue weighted by molar-refractivity contribution is 0.0686. The fraction of sp³-hybridized carbons (Fsp3) is 0.154. The zero-order valence-electron chi connectivity index (χ0n) is 10.3. The summed E-state index contributed by atoms with van der Waals surface area (Å²) in [6.45, 7) is 3.65. The highest BCUT2D eigenvalue weighted by atomic mass is 79.9. The maximum absolute atomic E-state index is 11.5. The second kappa shape index (κ2) is 4.97. The summed E-state index contributed by atoms with van der Waals surface area (Å²) in [5.74, 6) is -1.33. The maximum atomic E-state index is 11.5. The number of hydrogen-bond acceptors (Lipinski definition) is 3. The summed E-state index contributed by atoms with van der Waals surface area (Å²) in [7, 11) is 0. The predicted octanol–water partition coefficient (Wildman–Crippen LogP) is 2.31. The van der Waals surface area contributed by atoms with Gasteiger partial charge in [-0.25, -0.2) is 9.48 Å². The Balaban J connectivity index is 2.68. The molecule has 5 nitrogen and oxygen atoms in total. The third-order valence-corrected chi connectivity index (χ3v) is 3.56. The van der Waals surface area contributed by atoms with Crippen molar-refractivity contribution in [1.82, 2.24) is 9.78 Å². The Morgan fingerprint density at radius 3 is 2.58 bits per heavy atom. The smallest absolute Gasteiger partial charge is 0.360 e. The molecule has 0 amide bonds. The van der Waals surface area contributed by atoms with Gasteiger partial charge in [-0.1, -0.05) is 22.0 Å². The van der Waals surface area contributed by atoms with E-state index in [0.29, 0.717) is 11.4 Å². The van der Waals surface area contributed by atoms with Crippen LogP contribution in [0.1, 0.15) is 21.7 Å². The SMILES string of the molecule is Cc1ccc(-n2nc(C(=O)O)c(=O)cc2C)cc1Br. The first-order valence-corrected chi connectivity index (χ1v) is 6.30. The van der Waals surface area contributed by atoms with E-state index in [1.807, 2.05) is 25.1 Å². The summed E-state index contributed by atoms with van der Waals surface area (Å²) in [5.41, 5.74) is 1.25. The highest BCUT2D eigenvalue weighted by Crippen LogP contribution is 2.20. The molecule has 2 rings (SSSR count). The number of halogens is 1. The topological polar surface area (TPSA) is 72.2 Å². The van der Waals surface area contributed by atoms with Crippen LogP contribution >= 0.6 is 15.9 Å². The average molecular weight is 323 g/mol. The molecule has 6 heteroatoms. The van der Waals surface area contributed by atoms with Crippen LogP contribution in [0.4, 0.5) is 0 Å². The van der Waals surface area contributed by atoms with Crippen LogP contribution in [0.25, 0.3) is 5.69 Å². The number of rotatable bonds is 2. The van der Waals surface area contributed by atoms with E-state index in [0.717, 1.165) is 10.0 Å². The second-order valence-electron chi connectivity index (χ2n) is 4.15. The number of aromatic nitrogens is 2. The molecule has 19 heavy (non-hydrogen) atoms. The van der Waals surface area contributed by atoms with E-state index >= 15 is 0 Å². The molecule has 0 spiro atoms. The Kier molecular flexibility index (Phi) is 3.53. The monoisotopic (exact) mass is 322 g/mol. The Labute approximate surface area is 117 Å². The minimum atomic E-state index is -1.33. The lowest BCUT2D eigenvalue weighted by atomic mass is 10.2. The van der Waals surface area contributed by atoms with E-state index in [2.05, 4.69) is 21.0 Å². The molecule has 1 aromatic heterocycles. The van der Waals surface area contributed by atoms with Crippen LogP contribution in [0.15, 0.2) is 33.5 Å². The normalized spacial score (nSPS) is 10.5. The van der Waals surface area contributed by atoms with Gasteiger partial charge >= 0.3 is 5.97 Å². The van der Waals surface area contributed by atoms with Crippen LogP contribution in [0, 0.1) is 13.8 Å². The third-order valence-electron chi connectivity index (χ3n) is 2.71. The van der Waals surface area contributed by atoms with Crippen molar-refractivity contribution in [1.29, 1.82) is 0 Å². The van der Waals surface area contributed by atoms with Crippen LogP contribution in [-0.4, -0.2) is 20.9 Å². The summed E-state index contributed by atoms with van der Waals surface area (Å²) in [6, 6.07) is 6.80. The number of aryl methyl sites for hydroxylation is 2. The number of hydrogen-bond donors (Lipinski definition) is 1. The van der Waals surface area contributed by atoms with Crippen LogP contribution in [0.5, 0.6) is 0 Å². The van der Waals surface area contributed by atoms with Gasteiger partial charge in [0.2, 0.25) is 11.1 Å². The van der Waals surface area contributed by atoms with Crippen molar-refractivity contribution in [2.24, 2.45) is 0 Å². The van der Waals surface area contributed by atoms with E-state index < -0.39 is 17.1 Å². The summed E-state index contributed by atoms with van der Waals surface area (Å²) in [6.07, 6.45) is 0. The maximum Gasteiger partial charge on any atom is 0.360 e. The Bertz CT molecular complexity index is 722. The van der Waals surface area contributed by atoms with Crippen molar-refractivity contribution in [3.8, 4) is 5.69 Å². The van der Waals surface area contributed by atoms with Crippen molar-refractivity contribution < 1.29 is 9.90 Å². The summed E-state index contributed by atoms with van der Waals surface area (Å²) in [4.78, 5) is 22.5. The summed E-state index contributed by atoms with van der Waals surface area (Å²) < 4.78 is 2.33. The first kappa shape index (κ1) is 13.5.